The Morgan fingerprint density at radius 1 is 1.07 bits per heavy atom. The third-order valence-electron chi connectivity index (χ3n) is 4.80. The van der Waals surface area contributed by atoms with E-state index in [9.17, 15) is 13.2 Å². The molecular formula is C17H19F3N6O. The molecule has 0 atom stereocenters. The predicted molar refractivity (Wildman–Crippen MR) is 91.5 cm³/mol. The quantitative estimate of drug-likeness (QED) is 0.696. The number of halogens is 3. The fourth-order valence-corrected chi connectivity index (χ4v) is 3.21. The Hall–Kier alpha value is -2.62. The third kappa shape index (κ3) is 3.48. The van der Waals surface area contributed by atoms with Crippen molar-refractivity contribution < 1.29 is 17.6 Å². The van der Waals surface area contributed by atoms with Gasteiger partial charge in [0.15, 0.2) is 5.65 Å². The van der Waals surface area contributed by atoms with Crippen molar-refractivity contribution in [1.82, 2.24) is 24.7 Å². The lowest BCUT2D eigenvalue weighted by Crippen LogP contribution is -2.46. The van der Waals surface area contributed by atoms with Crippen LogP contribution in [0, 0.1) is 13.8 Å². The highest BCUT2D eigenvalue weighted by Crippen LogP contribution is 2.28. The van der Waals surface area contributed by atoms with E-state index in [0.29, 0.717) is 18.9 Å². The number of fused-ring (bicyclic) bond motifs is 1. The van der Waals surface area contributed by atoms with E-state index in [-0.39, 0.29) is 5.65 Å². The van der Waals surface area contributed by atoms with Gasteiger partial charge in [0.1, 0.15) is 17.3 Å². The molecule has 1 aliphatic heterocycles. The number of anilines is 1. The average Bonchev–Trinajstić information content (AvgIpc) is 3.18. The molecule has 0 aliphatic carbocycles. The number of furan rings is 1. The largest absolute Gasteiger partial charge is 0.465 e. The number of nitrogens with zero attached hydrogens (tertiary/aromatic N) is 6. The lowest BCUT2D eigenvalue weighted by Gasteiger charge is -2.34. The molecule has 1 fully saturated rings. The van der Waals surface area contributed by atoms with Gasteiger partial charge in [-0.2, -0.15) is 17.7 Å². The number of hydrogen-bond acceptors (Lipinski definition) is 6. The van der Waals surface area contributed by atoms with Crippen LogP contribution < -0.4 is 4.90 Å². The number of alkyl halides is 3. The number of piperazine rings is 1. The summed E-state index contributed by atoms with van der Waals surface area (Å²) in [5, 5.41) is 10.9. The molecule has 7 nitrogen and oxygen atoms in total. The molecule has 4 heterocycles. The van der Waals surface area contributed by atoms with Gasteiger partial charge < -0.3 is 9.32 Å². The van der Waals surface area contributed by atoms with Crippen LogP contribution >= 0.6 is 0 Å². The van der Waals surface area contributed by atoms with Crippen molar-refractivity contribution in [2.24, 2.45) is 0 Å². The smallest absolute Gasteiger partial charge is 0.453 e. The Kier molecular flexibility index (Phi) is 4.29. The molecular weight excluding hydrogens is 361 g/mol. The van der Waals surface area contributed by atoms with Gasteiger partial charge in [0.25, 0.3) is 5.82 Å². The molecule has 144 valence electrons. The Balaban J connectivity index is 1.46. The van der Waals surface area contributed by atoms with Crippen LogP contribution in [0.5, 0.6) is 0 Å². The summed E-state index contributed by atoms with van der Waals surface area (Å²) in [5.74, 6) is 1.23. The fourth-order valence-electron chi connectivity index (χ4n) is 3.21. The normalized spacial score (nSPS) is 16.4. The molecule has 1 saturated heterocycles. The van der Waals surface area contributed by atoms with Gasteiger partial charge in [0.05, 0.1) is 6.54 Å². The summed E-state index contributed by atoms with van der Waals surface area (Å²) < 4.78 is 45.5. The zero-order valence-corrected chi connectivity index (χ0v) is 15.0. The SMILES string of the molecule is Cc1cc(CN2CCN(c3ccc4nnc(C(F)(F)F)n4n3)CC2)oc1C. The molecule has 0 unspecified atom stereocenters. The van der Waals surface area contributed by atoms with Gasteiger partial charge in [0, 0.05) is 26.2 Å². The molecule has 0 amide bonds. The van der Waals surface area contributed by atoms with Crippen LogP contribution in [0.1, 0.15) is 22.9 Å². The maximum absolute atomic E-state index is 13.0. The minimum absolute atomic E-state index is 0.0771. The van der Waals surface area contributed by atoms with E-state index in [4.69, 9.17) is 4.42 Å². The average molecular weight is 380 g/mol. The highest BCUT2D eigenvalue weighted by atomic mass is 19.4. The highest BCUT2D eigenvalue weighted by molar-refractivity contribution is 5.46. The number of aromatic nitrogens is 4. The maximum Gasteiger partial charge on any atom is 0.453 e. The molecule has 3 aromatic heterocycles. The van der Waals surface area contributed by atoms with Gasteiger partial charge in [0.2, 0.25) is 0 Å². The summed E-state index contributed by atoms with van der Waals surface area (Å²) in [7, 11) is 0. The zero-order chi connectivity index (χ0) is 19.2. The molecule has 4 rings (SSSR count). The molecule has 3 aromatic rings. The second-order valence-electron chi connectivity index (χ2n) is 6.70. The number of hydrogen-bond donors (Lipinski definition) is 0. The molecule has 1 aliphatic rings. The van der Waals surface area contributed by atoms with Crippen molar-refractivity contribution in [3.8, 4) is 0 Å². The molecule has 0 aromatic carbocycles. The van der Waals surface area contributed by atoms with E-state index < -0.39 is 12.0 Å². The number of rotatable bonds is 3. The van der Waals surface area contributed by atoms with E-state index in [1.54, 1.807) is 6.07 Å². The first-order chi connectivity index (χ1) is 12.8. The van der Waals surface area contributed by atoms with Crippen molar-refractivity contribution in [2.45, 2.75) is 26.6 Å². The minimum Gasteiger partial charge on any atom is -0.465 e. The zero-order valence-electron chi connectivity index (χ0n) is 15.0. The molecule has 10 heteroatoms. The minimum atomic E-state index is -4.59. The Bertz CT molecular complexity index is 936. The molecule has 0 saturated carbocycles. The second-order valence-corrected chi connectivity index (χ2v) is 6.70. The summed E-state index contributed by atoms with van der Waals surface area (Å²) in [6.07, 6.45) is -4.59. The van der Waals surface area contributed by atoms with Gasteiger partial charge in [-0.15, -0.1) is 15.3 Å². The lowest BCUT2D eigenvalue weighted by molar-refractivity contribution is -0.146. The molecule has 0 radical (unpaired) electrons. The van der Waals surface area contributed by atoms with Crippen LogP contribution in [0.15, 0.2) is 22.6 Å². The van der Waals surface area contributed by atoms with Crippen LogP contribution in [0.2, 0.25) is 0 Å². The van der Waals surface area contributed by atoms with E-state index in [1.165, 1.54) is 6.07 Å². The molecule has 27 heavy (non-hydrogen) atoms. The summed E-state index contributed by atoms with van der Waals surface area (Å²) >= 11 is 0. The standard InChI is InChI=1S/C17H19F3N6O/c1-11-9-13(27-12(11)2)10-24-5-7-25(8-6-24)15-4-3-14-21-22-16(17(18,19)20)26(14)23-15/h3-4,9H,5-8,10H2,1-2H3. The van der Waals surface area contributed by atoms with Crippen LogP contribution in [0.4, 0.5) is 19.0 Å². The highest BCUT2D eigenvalue weighted by Gasteiger charge is 2.37. The first kappa shape index (κ1) is 17.8. The van der Waals surface area contributed by atoms with Gasteiger partial charge in [-0.1, -0.05) is 0 Å². The predicted octanol–water partition coefficient (Wildman–Crippen LogP) is 2.68. The van der Waals surface area contributed by atoms with E-state index in [1.807, 2.05) is 24.8 Å². The van der Waals surface area contributed by atoms with Crippen molar-refractivity contribution in [3.63, 3.8) is 0 Å². The monoisotopic (exact) mass is 380 g/mol. The summed E-state index contributed by atoms with van der Waals surface area (Å²) in [6, 6.07) is 5.23. The van der Waals surface area contributed by atoms with Crippen molar-refractivity contribution in [2.75, 3.05) is 31.1 Å². The van der Waals surface area contributed by atoms with Gasteiger partial charge in [-0.25, -0.2) is 0 Å². The maximum atomic E-state index is 13.0. The Morgan fingerprint density at radius 3 is 2.44 bits per heavy atom. The second kappa shape index (κ2) is 6.52. The first-order valence-corrected chi connectivity index (χ1v) is 8.64. The van der Waals surface area contributed by atoms with Crippen LogP contribution in [-0.2, 0) is 12.7 Å². The fraction of sp³-hybridized carbons (Fsp3) is 0.471. The van der Waals surface area contributed by atoms with Gasteiger partial charge in [-0.3, -0.25) is 4.90 Å². The third-order valence-corrected chi connectivity index (χ3v) is 4.80. The lowest BCUT2D eigenvalue weighted by atomic mass is 10.2. The molecule has 0 bridgehead atoms. The number of aryl methyl sites for hydroxylation is 2. The van der Waals surface area contributed by atoms with Gasteiger partial charge in [-0.05, 0) is 37.6 Å². The van der Waals surface area contributed by atoms with E-state index in [2.05, 4.69) is 20.2 Å². The summed E-state index contributed by atoms with van der Waals surface area (Å²) in [5.41, 5.74) is 1.21. The van der Waals surface area contributed by atoms with Crippen LogP contribution in [0.25, 0.3) is 5.65 Å². The van der Waals surface area contributed by atoms with Crippen molar-refractivity contribution in [1.29, 1.82) is 0 Å². The first-order valence-electron chi connectivity index (χ1n) is 8.64. The van der Waals surface area contributed by atoms with E-state index >= 15 is 0 Å². The van der Waals surface area contributed by atoms with Crippen molar-refractivity contribution >= 4 is 11.5 Å². The van der Waals surface area contributed by atoms with Crippen molar-refractivity contribution in [3.05, 3.63) is 41.1 Å². The van der Waals surface area contributed by atoms with Crippen LogP contribution in [-0.4, -0.2) is 50.9 Å². The van der Waals surface area contributed by atoms with Crippen LogP contribution in [0.3, 0.4) is 0 Å². The summed E-state index contributed by atoms with van der Waals surface area (Å²) in [4.78, 5) is 4.22. The molecule has 0 N–H and O–H groups in total. The Morgan fingerprint density at radius 2 is 1.81 bits per heavy atom. The summed E-state index contributed by atoms with van der Waals surface area (Å²) in [6.45, 7) is 7.56. The Labute approximate surface area is 153 Å². The molecule has 0 spiro atoms. The topological polar surface area (TPSA) is 62.7 Å². The van der Waals surface area contributed by atoms with Gasteiger partial charge >= 0.3 is 6.18 Å². The van der Waals surface area contributed by atoms with E-state index in [0.717, 1.165) is 41.2 Å².